The van der Waals surface area contributed by atoms with E-state index in [1.54, 1.807) is 13.8 Å². The summed E-state index contributed by atoms with van der Waals surface area (Å²) >= 11 is 0. The third-order valence-electron chi connectivity index (χ3n) is 4.58. The summed E-state index contributed by atoms with van der Waals surface area (Å²) in [4.78, 5) is 38.1. The number of nitrogens with one attached hydrogen (secondary N) is 1. The molecule has 0 atom stereocenters. The molecular formula is C21H22N2O5. The number of carbonyl (C=O) groups is 3. The third kappa shape index (κ3) is 3.69. The van der Waals surface area contributed by atoms with Crippen LogP contribution in [-0.4, -0.2) is 35.0 Å². The lowest BCUT2D eigenvalue weighted by Crippen LogP contribution is -2.54. The lowest BCUT2D eigenvalue weighted by atomic mass is 10.0. The summed E-state index contributed by atoms with van der Waals surface area (Å²) in [7, 11) is 0. The van der Waals surface area contributed by atoms with Crippen molar-refractivity contribution < 1.29 is 24.2 Å². The number of carboxylic acid groups (broad SMARTS) is 1. The van der Waals surface area contributed by atoms with Crippen LogP contribution in [0.5, 0.6) is 5.75 Å². The number of hydrogen-bond acceptors (Lipinski definition) is 4. The lowest BCUT2D eigenvalue weighted by Gasteiger charge is -2.38. The van der Waals surface area contributed by atoms with E-state index in [0.29, 0.717) is 11.4 Å². The molecule has 2 aromatic carbocycles. The molecule has 2 N–H and O–H groups in total. The van der Waals surface area contributed by atoms with Gasteiger partial charge < -0.3 is 15.2 Å². The first-order valence-electron chi connectivity index (χ1n) is 8.84. The Bertz CT molecular complexity index is 981. The maximum atomic E-state index is 12.9. The monoisotopic (exact) mass is 382 g/mol. The summed E-state index contributed by atoms with van der Waals surface area (Å²) in [5.41, 5.74) is 1.76. The molecule has 2 amide bonds. The van der Waals surface area contributed by atoms with E-state index in [9.17, 15) is 19.5 Å². The Labute approximate surface area is 162 Å². The molecule has 7 nitrogen and oxygen atoms in total. The van der Waals surface area contributed by atoms with Crippen LogP contribution in [0.25, 0.3) is 0 Å². The highest BCUT2D eigenvalue weighted by atomic mass is 16.5. The Morgan fingerprint density at radius 1 is 1.14 bits per heavy atom. The van der Waals surface area contributed by atoms with Gasteiger partial charge in [0.25, 0.3) is 5.91 Å². The lowest BCUT2D eigenvalue weighted by molar-refractivity contribution is -0.133. The summed E-state index contributed by atoms with van der Waals surface area (Å²) in [6.45, 7) is 6.82. The molecule has 0 aliphatic carbocycles. The maximum absolute atomic E-state index is 12.9. The molecule has 0 saturated carbocycles. The molecule has 1 aliphatic rings. The number of anilines is 2. The van der Waals surface area contributed by atoms with Crippen molar-refractivity contribution in [3.63, 3.8) is 0 Å². The number of nitrogens with zero attached hydrogens (tertiary/aromatic N) is 1. The first kappa shape index (κ1) is 19.4. The van der Waals surface area contributed by atoms with Crippen LogP contribution in [-0.2, 0) is 9.59 Å². The van der Waals surface area contributed by atoms with Crippen molar-refractivity contribution in [2.45, 2.75) is 33.3 Å². The summed E-state index contributed by atoms with van der Waals surface area (Å²) in [5, 5.41) is 12.1. The zero-order valence-electron chi connectivity index (χ0n) is 16.2. The minimum atomic E-state index is -1.17. The van der Waals surface area contributed by atoms with Crippen LogP contribution >= 0.6 is 0 Å². The minimum Gasteiger partial charge on any atom is -0.478 e. The summed E-state index contributed by atoms with van der Waals surface area (Å²) in [5.74, 6) is -1.57. The first-order chi connectivity index (χ1) is 13.1. The standard InChI is InChI=1S/C21H22N2O5/c1-12-5-7-15(13(2)9-12)22-18(24)11-23-16-10-14(19(25)26)6-8-17(16)28-21(3,4)20(23)27/h5-10H,11H2,1-4H3,(H,22,24)(H,25,26). The fourth-order valence-electron chi connectivity index (χ4n) is 3.14. The molecular weight excluding hydrogens is 360 g/mol. The van der Waals surface area contributed by atoms with Gasteiger partial charge in [0, 0.05) is 5.69 Å². The van der Waals surface area contributed by atoms with E-state index < -0.39 is 17.5 Å². The van der Waals surface area contributed by atoms with Gasteiger partial charge in [0.1, 0.15) is 12.3 Å². The average molecular weight is 382 g/mol. The van der Waals surface area contributed by atoms with E-state index in [-0.39, 0.29) is 23.7 Å². The molecule has 7 heteroatoms. The van der Waals surface area contributed by atoms with E-state index in [0.717, 1.165) is 11.1 Å². The van der Waals surface area contributed by atoms with Gasteiger partial charge in [0.05, 0.1) is 11.3 Å². The molecule has 1 aliphatic heterocycles. The zero-order valence-corrected chi connectivity index (χ0v) is 16.2. The van der Waals surface area contributed by atoms with Crippen LogP contribution in [0.2, 0.25) is 0 Å². The van der Waals surface area contributed by atoms with Crippen LogP contribution in [0.1, 0.15) is 35.3 Å². The molecule has 0 aromatic heterocycles. The molecule has 0 saturated heterocycles. The molecule has 3 rings (SSSR count). The largest absolute Gasteiger partial charge is 0.478 e. The number of hydrogen-bond donors (Lipinski definition) is 2. The Morgan fingerprint density at radius 2 is 1.86 bits per heavy atom. The number of amides is 2. The topological polar surface area (TPSA) is 95.9 Å². The highest BCUT2D eigenvalue weighted by Crippen LogP contribution is 2.38. The smallest absolute Gasteiger partial charge is 0.335 e. The second-order valence-electron chi connectivity index (χ2n) is 7.36. The minimum absolute atomic E-state index is 0.00893. The number of rotatable bonds is 4. The van der Waals surface area contributed by atoms with Gasteiger partial charge in [-0.05, 0) is 57.5 Å². The Morgan fingerprint density at radius 3 is 2.50 bits per heavy atom. The van der Waals surface area contributed by atoms with Crippen LogP contribution < -0.4 is 15.0 Å². The number of carboxylic acids is 1. The second kappa shape index (κ2) is 6.99. The molecule has 0 fully saturated rings. The van der Waals surface area contributed by atoms with Gasteiger partial charge in [-0.25, -0.2) is 4.79 Å². The molecule has 2 aromatic rings. The molecule has 28 heavy (non-hydrogen) atoms. The molecule has 0 unspecified atom stereocenters. The molecule has 146 valence electrons. The summed E-state index contributed by atoms with van der Waals surface area (Å²) in [6.07, 6.45) is 0. The molecule has 0 radical (unpaired) electrons. The van der Waals surface area contributed by atoms with Crippen molar-refractivity contribution in [3.8, 4) is 5.75 Å². The number of aromatic carboxylic acids is 1. The Kier molecular flexibility index (Phi) is 4.85. The van der Waals surface area contributed by atoms with Crippen molar-refractivity contribution in [3.05, 3.63) is 53.1 Å². The highest BCUT2D eigenvalue weighted by Gasteiger charge is 2.41. The third-order valence-corrected chi connectivity index (χ3v) is 4.58. The molecule has 0 bridgehead atoms. The Hall–Kier alpha value is -3.35. The van der Waals surface area contributed by atoms with E-state index in [1.807, 2.05) is 32.0 Å². The van der Waals surface area contributed by atoms with Crippen molar-refractivity contribution in [1.82, 2.24) is 0 Å². The van der Waals surface area contributed by atoms with Crippen molar-refractivity contribution >= 4 is 29.2 Å². The maximum Gasteiger partial charge on any atom is 0.335 e. The Balaban J connectivity index is 1.91. The van der Waals surface area contributed by atoms with Gasteiger partial charge in [-0.3, -0.25) is 14.5 Å². The highest BCUT2D eigenvalue weighted by molar-refractivity contribution is 6.08. The van der Waals surface area contributed by atoms with Crippen LogP contribution in [0.15, 0.2) is 36.4 Å². The number of carbonyl (C=O) groups excluding carboxylic acids is 2. The zero-order chi connectivity index (χ0) is 20.6. The van der Waals surface area contributed by atoms with Gasteiger partial charge in [-0.2, -0.15) is 0 Å². The molecule has 1 heterocycles. The van der Waals surface area contributed by atoms with Crippen LogP contribution in [0.4, 0.5) is 11.4 Å². The van der Waals surface area contributed by atoms with Crippen LogP contribution in [0, 0.1) is 13.8 Å². The second-order valence-corrected chi connectivity index (χ2v) is 7.36. The van der Waals surface area contributed by atoms with Gasteiger partial charge in [0.2, 0.25) is 5.91 Å². The number of fused-ring (bicyclic) bond motifs is 1. The van der Waals surface area contributed by atoms with E-state index >= 15 is 0 Å². The fourth-order valence-corrected chi connectivity index (χ4v) is 3.14. The summed E-state index contributed by atoms with van der Waals surface area (Å²) < 4.78 is 5.71. The number of aryl methyl sites for hydroxylation is 2. The van der Waals surface area contributed by atoms with Crippen LogP contribution in [0.3, 0.4) is 0 Å². The van der Waals surface area contributed by atoms with Gasteiger partial charge in [-0.1, -0.05) is 17.7 Å². The number of ether oxygens (including phenoxy) is 1. The van der Waals surface area contributed by atoms with Crippen molar-refractivity contribution in [1.29, 1.82) is 0 Å². The van der Waals surface area contributed by atoms with E-state index in [1.165, 1.54) is 23.1 Å². The van der Waals surface area contributed by atoms with Gasteiger partial charge in [0.15, 0.2) is 5.60 Å². The summed E-state index contributed by atoms with van der Waals surface area (Å²) in [6, 6.07) is 9.90. The predicted octanol–water partition coefficient (Wildman–Crippen LogP) is 3.14. The number of benzene rings is 2. The van der Waals surface area contributed by atoms with E-state index in [4.69, 9.17) is 4.74 Å². The van der Waals surface area contributed by atoms with Gasteiger partial charge in [-0.15, -0.1) is 0 Å². The van der Waals surface area contributed by atoms with Crippen molar-refractivity contribution in [2.75, 3.05) is 16.8 Å². The fraction of sp³-hybridized carbons (Fsp3) is 0.286. The SMILES string of the molecule is Cc1ccc(NC(=O)CN2C(=O)C(C)(C)Oc3ccc(C(=O)O)cc32)c(C)c1. The predicted molar refractivity (Wildman–Crippen MR) is 105 cm³/mol. The normalized spacial score (nSPS) is 14.9. The van der Waals surface area contributed by atoms with Crippen molar-refractivity contribution in [2.24, 2.45) is 0 Å². The van der Waals surface area contributed by atoms with Gasteiger partial charge >= 0.3 is 5.97 Å². The quantitative estimate of drug-likeness (QED) is 0.847. The average Bonchev–Trinajstić information content (AvgIpc) is 2.60. The first-order valence-corrected chi connectivity index (χ1v) is 8.84. The van der Waals surface area contributed by atoms with E-state index in [2.05, 4.69) is 5.32 Å². The molecule has 0 spiro atoms.